The van der Waals surface area contributed by atoms with E-state index in [1.807, 2.05) is 0 Å². The number of thiophene rings is 1. The molecular formula is C17H20FN2OS+. The number of hydrogen-bond acceptors (Lipinski definition) is 2. The molecule has 1 amide bonds. The Morgan fingerprint density at radius 3 is 2.95 bits per heavy atom. The molecule has 3 rings (SSSR count). The third kappa shape index (κ3) is 3.54. The van der Waals surface area contributed by atoms with Crippen LogP contribution in [0.5, 0.6) is 0 Å². The smallest absolute Gasteiger partial charge is 0.275 e. The molecule has 3 nitrogen and oxygen atoms in total. The molecule has 2 N–H and O–H groups in total. The first kappa shape index (κ1) is 15.2. The molecule has 0 radical (unpaired) electrons. The monoisotopic (exact) mass is 319 g/mol. The van der Waals surface area contributed by atoms with E-state index in [2.05, 4.69) is 22.8 Å². The van der Waals surface area contributed by atoms with E-state index in [9.17, 15) is 9.18 Å². The van der Waals surface area contributed by atoms with Crippen molar-refractivity contribution in [1.29, 1.82) is 0 Å². The number of carbonyl (C=O) groups is 1. The zero-order valence-electron chi connectivity index (χ0n) is 12.3. The van der Waals surface area contributed by atoms with E-state index < -0.39 is 0 Å². The van der Waals surface area contributed by atoms with Gasteiger partial charge < -0.3 is 10.2 Å². The zero-order valence-corrected chi connectivity index (χ0v) is 13.2. The summed E-state index contributed by atoms with van der Waals surface area (Å²) in [6.07, 6.45) is 2.29. The fourth-order valence-corrected chi connectivity index (χ4v) is 3.98. The van der Waals surface area contributed by atoms with Crippen LogP contribution in [-0.4, -0.2) is 19.0 Å². The van der Waals surface area contributed by atoms with Crippen molar-refractivity contribution in [1.82, 2.24) is 5.32 Å². The first-order valence-electron chi connectivity index (χ1n) is 7.62. The second-order valence-electron chi connectivity index (χ2n) is 5.66. The highest BCUT2D eigenvalue weighted by atomic mass is 32.1. The minimum Gasteiger partial charge on any atom is -0.347 e. The van der Waals surface area contributed by atoms with Crippen LogP contribution in [0, 0.1) is 5.82 Å². The maximum Gasteiger partial charge on any atom is 0.275 e. The molecule has 2 heterocycles. The zero-order chi connectivity index (χ0) is 15.4. The third-order valence-corrected chi connectivity index (χ3v) is 5.18. The lowest BCUT2D eigenvalue weighted by molar-refractivity contribution is -0.910. The number of rotatable bonds is 5. The highest BCUT2D eigenvalue weighted by Crippen LogP contribution is 2.23. The lowest BCUT2D eigenvalue weighted by atomic mass is 10.2. The van der Waals surface area contributed by atoms with E-state index in [4.69, 9.17) is 0 Å². The summed E-state index contributed by atoms with van der Waals surface area (Å²) in [5, 5.41) is 4.92. The van der Waals surface area contributed by atoms with E-state index >= 15 is 0 Å². The molecule has 1 aromatic carbocycles. The van der Waals surface area contributed by atoms with E-state index in [1.54, 1.807) is 29.5 Å². The van der Waals surface area contributed by atoms with Crippen LogP contribution in [-0.2, 0) is 11.3 Å². The molecule has 2 atom stereocenters. The molecule has 0 saturated carbocycles. The van der Waals surface area contributed by atoms with Crippen LogP contribution in [0.25, 0.3) is 0 Å². The van der Waals surface area contributed by atoms with Crippen molar-refractivity contribution in [2.75, 3.05) is 13.1 Å². The molecule has 2 aromatic rings. The van der Waals surface area contributed by atoms with Gasteiger partial charge in [-0.05, 0) is 17.5 Å². The largest absolute Gasteiger partial charge is 0.347 e. The Bertz CT molecular complexity index is 629. The lowest BCUT2D eigenvalue weighted by Gasteiger charge is -2.20. The van der Waals surface area contributed by atoms with Crippen molar-refractivity contribution in [3.8, 4) is 0 Å². The lowest BCUT2D eigenvalue weighted by Crippen LogP contribution is -3.11. The molecule has 1 aromatic heterocycles. The van der Waals surface area contributed by atoms with E-state index in [0.717, 1.165) is 19.4 Å². The molecule has 0 spiro atoms. The summed E-state index contributed by atoms with van der Waals surface area (Å²) in [4.78, 5) is 14.8. The second-order valence-corrected chi connectivity index (χ2v) is 6.64. The molecule has 0 aliphatic carbocycles. The van der Waals surface area contributed by atoms with E-state index in [1.165, 1.54) is 15.8 Å². The first-order chi connectivity index (χ1) is 10.7. The van der Waals surface area contributed by atoms with Crippen molar-refractivity contribution in [2.24, 2.45) is 0 Å². The summed E-state index contributed by atoms with van der Waals surface area (Å²) in [7, 11) is 0. The van der Waals surface area contributed by atoms with Crippen LogP contribution in [0.4, 0.5) is 4.39 Å². The number of hydrogen-bond donors (Lipinski definition) is 2. The summed E-state index contributed by atoms with van der Waals surface area (Å²) >= 11 is 1.76. The van der Waals surface area contributed by atoms with Gasteiger partial charge in [0.05, 0.1) is 11.4 Å². The standard InChI is InChI=1S/C17H19FN2OS/c18-14-6-2-1-5-13(14)11-19-17(21)12-20-9-3-7-15(20)16-8-4-10-22-16/h1-2,4-6,8,10,15H,3,7,9,11-12H2,(H,19,21)/p+1/t15-/m0/s1. The minimum absolute atomic E-state index is 0.0123. The van der Waals surface area contributed by atoms with Gasteiger partial charge in [0.15, 0.2) is 6.54 Å². The maximum atomic E-state index is 13.5. The normalized spacial score (nSPS) is 21.0. The molecular weight excluding hydrogens is 299 g/mol. The Morgan fingerprint density at radius 1 is 1.32 bits per heavy atom. The van der Waals surface area contributed by atoms with Crippen LogP contribution < -0.4 is 10.2 Å². The molecule has 1 unspecified atom stereocenters. The second kappa shape index (κ2) is 7.03. The minimum atomic E-state index is -0.271. The number of amides is 1. The van der Waals surface area contributed by atoms with Crippen molar-refractivity contribution >= 4 is 17.2 Å². The number of quaternary nitrogens is 1. The Kier molecular flexibility index (Phi) is 4.85. The topological polar surface area (TPSA) is 33.5 Å². The molecule has 116 valence electrons. The number of likely N-dealkylation sites (tertiary alicyclic amines) is 1. The molecule has 1 aliphatic rings. The van der Waals surface area contributed by atoms with Gasteiger partial charge in [-0.1, -0.05) is 24.3 Å². The van der Waals surface area contributed by atoms with Gasteiger partial charge >= 0.3 is 0 Å². The summed E-state index contributed by atoms with van der Waals surface area (Å²) in [6, 6.07) is 11.2. The SMILES string of the molecule is O=C(C[NH+]1CCC[C@H]1c1cccs1)NCc1ccccc1F. The fourth-order valence-electron chi connectivity index (χ4n) is 3.06. The Balaban J connectivity index is 1.54. The van der Waals surface area contributed by atoms with Gasteiger partial charge in [-0.2, -0.15) is 0 Å². The number of halogens is 1. The Hall–Kier alpha value is -1.72. The van der Waals surface area contributed by atoms with Gasteiger partial charge in [0.1, 0.15) is 11.9 Å². The highest BCUT2D eigenvalue weighted by molar-refractivity contribution is 7.10. The van der Waals surface area contributed by atoms with Crippen LogP contribution in [0.15, 0.2) is 41.8 Å². The predicted octanol–water partition coefficient (Wildman–Crippen LogP) is 1.92. The Labute approximate surface area is 133 Å². The molecule has 1 aliphatic heterocycles. The quantitative estimate of drug-likeness (QED) is 0.867. The first-order valence-corrected chi connectivity index (χ1v) is 8.50. The third-order valence-electron chi connectivity index (χ3n) is 4.19. The molecule has 5 heteroatoms. The van der Waals surface area contributed by atoms with Gasteiger partial charge in [-0.3, -0.25) is 4.79 Å². The summed E-state index contributed by atoms with van der Waals surface area (Å²) in [5.74, 6) is -0.283. The summed E-state index contributed by atoms with van der Waals surface area (Å²) < 4.78 is 13.5. The average molecular weight is 319 g/mol. The Morgan fingerprint density at radius 2 is 2.18 bits per heavy atom. The van der Waals surface area contributed by atoms with Crippen molar-refractivity contribution in [3.05, 3.63) is 58.0 Å². The van der Waals surface area contributed by atoms with Gasteiger partial charge in [-0.25, -0.2) is 4.39 Å². The van der Waals surface area contributed by atoms with Crippen LogP contribution in [0.3, 0.4) is 0 Å². The molecule has 0 bridgehead atoms. The van der Waals surface area contributed by atoms with Crippen molar-refractivity contribution in [3.63, 3.8) is 0 Å². The van der Waals surface area contributed by atoms with Gasteiger partial charge in [0.25, 0.3) is 5.91 Å². The molecule has 22 heavy (non-hydrogen) atoms. The number of carbonyl (C=O) groups excluding carboxylic acids is 1. The number of nitrogens with one attached hydrogen (secondary N) is 2. The van der Waals surface area contributed by atoms with Gasteiger partial charge in [-0.15, -0.1) is 11.3 Å². The molecule has 1 fully saturated rings. The van der Waals surface area contributed by atoms with Gasteiger partial charge in [0.2, 0.25) is 0 Å². The number of benzene rings is 1. The van der Waals surface area contributed by atoms with Gasteiger partial charge in [0, 0.05) is 24.9 Å². The van der Waals surface area contributed by atoms with Crippen LogP contribution in [0.2, 0.25) is 0 Å². The van der Waals surface area contributed by atoms with Crippen molar-refractivity contribution < 1.29 is 14.1 Å². The highest BCUT2D eigenvalue weighted by Gasteiger charge is 2.32. The predicted molar refractivity (Wildman–Crippen MR) is 85.2 cm³/mol. The van der Waals surface area contributed by atoms with E-state index in [-0.39, 0.29) is 18.3 Å². The average Bonchev–Trinajstić information content (AvgIpc) is 3.17. The van der Waals surface area contributed by atoms with Crippen molar-refractivity contribution in [2.45, 2.75) is 25.4 Å². The van der Waals surface area contributed by atoms with Crippen LogP contribution in [0.1, 0.15) is 29.3 Å². The summed E-state index contributed by atoms with van der Waals surface area (Å²) in [6.45, 7) is 1.73. The van der Waals surface area contributed by atoms with E-state index in [0.29, 0.717) is 18.2 Å². The maximum absolute atomic E-state index is 13.5. The van der Waals surface area contributed by atoms with Crippen LogP contribution >= 0.6 is 11.3 Å². The molecule has 1 saturated heterocycles. The fraction of sp³-hybridized carbons (Fsp3) is 0.353. The summed E-state index contributed by atoms with van der Waals surface area (Å²) in [5.41, 5.74) is 0.530.